The monoisotopic (exact) mass is 161 g/mol. The van der Waals surface area contributed by atoms with Crippen molar-refractivity contribution >= 4 is 0 Å². The second-order valence-electron chi connectivity index (χ2n) is 2.90. The molecule has 0 rings (SSSR count). The van der Waals surface area contributed by atoms with Crippen LogP contribution in [0.1, 0.15) is 26.7 Å². The van der Waals surface area contributed by atoms with Crippen LogP contribution in [0.25, 0.3) is 0 Å². The average molecular weight is 161 g/mol. The molecule has 3 heteroatoms. The molecule has 3 nitrogen and oxygen atoms in total. The Morgan fingerprint density at radius 2 is 2.00 bits per heavy atom. The van der Waals surface area contributed by atoms with Crippen molar-refractivity contribution in [3.8, 4) is 0 Å². The van der Waals surface area contributed by atoms with Crippen molar-refractivity contribution in [1.29, 1.82) is 0 Å². The predicted octanol–water partition coefficient (Wildman–Crippen LogP) is 0.118. The largest absolute Gasteiger partial charge is 0.393 e. The van der Waals surface area contributed by atoms with Gasteiger partial charge in [0.25, 0.3) is 0 Å². The molecule has 0 amide bonds. The van der Waals surface area contributed by atoms with Crippen molar-refractivity contribution in [2.75, 3.05) is 13.1 Å². The third kappa shape index (κ3) is 7.78. The van der Waals surface area contributed by atoms with Gasteiger partial charge >= 0.3 is 0 Å². The standard InChI is InChI=1S/C8H19NO2/c1-3-8(11)4-5-9-6-7(2)10/h7-11H,3-6H2,1-2H3. The molecule has 0 saturated heterocycles. The molecular formula is C8H19NO2. The van der Waals surface area contributed by atoms with Gasteiger partial charge in [0.1, 0.15) is 0 Å². The van der Waals surface area contributed by atoms with Crippen molar-refractivity contribution in [2.45, 2.75) is 38.9 Å². The van der Waals surface area contributed by atoms with Gasteiger partial charge in [0.05, 0.1) is 12.2 Å². The summed E-state index contributed by atoms with van der Waals surface area (Å²) in [5.41, 5.74) is 0. The zero-order valence-corrected chi connectivity index (χ0v) is 7.38. The van der Waals surface area contributed by atoms with Crippen LogP contribution in [0, 0.1) is 0 Å². The van der Waals surface area contributed by atoms with Crippen molar-refractivity contribution in [3.63, 3.8) is 0 Å². The quantitative estimate of drug-likeness (QED) is 0.485. The molecule has 0 spiro atoms. The van der Waals surface area contributed by atoms with Crippen molar-refractivity contribution in [2.24, 2.45) is 0 Å². The Labute approximate surface area is 68.4 Å². The molecule has 0 aromatic carbocycles. The normalized spacial score (nSPS) is 16.4. The number of rotatable bonds is 6. The molecule has 3 N–H and O–H groups in total. The molecule has 0 radical (unpaired) electrons. The fourth-order valence-corrected chi connectivity index (χ4v) is 0.784. The second-order valence-corrected chi connectivity index (χ2v) is 2.90. The van der Waals surface area contributed by atoms with Crippen LogP contribution < -0.4 is 5.32 Å². The van der Waals surface area contributed by atoms with E-state index in [1.54, 1.807) is 6.92 Å². The Morgan fingerprint density at radius 3 is 2.45 bits per heavy atom. The highest BCUT2D eigenvalue weighted by atomic mass is 16.3. The lowest BCUT2D eigenvalue weighted by atomic mass is 10.2. The van der Waals surface area contributed by atoms with E-state index >= 15 is 0 Å². The number of hydrogen-bond acceptors (Lipinski definition) is 3. The maximum absolute atomic E-state index is 9.12. The number of aliphatic hydroxyl groups excluding tert-OH is 2. The van der Waals surface area contributed by atoms with Gasteiger partial charge in [-0.25, -0.2) is 0 Å². The molecular weight excluding hydrogens is 142 g/mol. The topological polar surface area (TPSA) is 52.5 Å². The third-order valence-corrected chi connectivity index (χ3v) is 1.57. The minimum absolute atomic E-state index is 0.198. The van der Waals surface area contributed by atoms with E-state index < -0.39 is 0 Å². The summed E-state index contributed by atoms with van der Waals surface area (Å²) >= 11 is 0. The zero-order valence-electron chi connectivity index (χ0n) is 7.38. The van der Waals surface area contributed by atoms with Gasteiger partial charge in [-0.15, -0.1) is 0 Å². The lowest BCUT2D eigenvalue weighted by Gasteiger charge is -2.09. The van der Waals surface area contributed by atoms with Gasteiger partial charge in [0.2, 0.25) is 0 Å². The summed E-state index contributed by atoms with van der Waals surface area (Å²) in [7, 11) is 0. The number of hydrogen-bond donors (Lipinski definition) is 3. The Kier molecular flexibility index (Phi) is 6.51. The van der Waals surface area contributed by atoms with Crippen molar-refractivity contribution in [1.82, 2.24) is 5.32 Å². The first-order chi connectivity index (χ1) is 5.16. The molecule has 0 aliphatic carbocycles. The maximum atomic E-state index is 9.12. The van der Waals surface area contributed by atoms with Gasteiger partial charge in [-0.3, -0.25) is 0 Å². The summed E-state index contributed by atoms with van der Waals surface area (Å²) < 4.78 is 0. The molecule has 0 heterocycles. The molecule has 0 aromatic rings. The molecule has 0 saturated carbocycles. The van der Waals surface area contributed by atoms with Crippen LogP contribution in [0.3, 0.4) is 0 Å². The zero-order chi connectivity index (χ0) is 8.69. The predicted molar refractivity (Wildman–Crippen MR) is 45.5 cm³/mol. The summed E-state index contributed by atoms with van der Waals surface area (Å²) in [5, 5.41) is 21.0. The lowest BCUT2D eigenvalue weighted by molar-refractivity contribution is 0.153. The van der Waals surface area contributed by atoms with Gasteiger partial charge in [0, 0.05) is 6.54 Å². The van der Waals surface area contributed by atoms with Gasteiger partial charge in [-0.1, -0.05) is 6.92 Å². The molecule has 0 aromatic heterocycles. The first-order valence-corrected chi connectivity index (χ1v) is 4.23. The van der Waals surface area contributed by atoms with E-state index in [0.717, 1.165) is 19.4 Å². The fraction of sp³-hybridized carbons (Fsp3) is 1.00. The summed E-state index contributed by atoms with van der Waals surface area (Å²) in [5.74, 6) is 0. The molecule has 0 bridgehead atoms. The van der Waals surface area contributed by atoms with Crippen LogP contribution in [-0.4, -0.2) is 35.5 Å². The minimum atomic E-state index is -0.297. The van der Waals surface area contributed by atoms with Crippen LogP contribution in [0.4, 0.5) is 0 Å². The molecule has 2 unspecified atom stereocenters. The van der Waals surface area contributed by atoms with Crippen LogP contribution in [-0.2, 0) is 0 Å². The Bertz CT molecular complexity index is 86.2. The molecule has 0 aliphatic rings. The van der Waals surface area contributed by atoms with Gasteiger partial charge in [-0.2, -0.15) is 0 Å². The van der Waals surface area contributed by atoms with Crippen LogP contribution in [0.5, 0.6) is 0 Å². The van der Waals surface area contributed by atoms with E-state index in [2.05, 4.69) is 5.32 Å². The molecule has 2 atom stereocenters. The fourth-order valence-electron chi connectivity index (χ4n) is 0.784. The summed E-state index contributed by atoms with van der Waals surface area (Å²) in [4.78, 5) is 0. The lowest BCUT2D eigenvalue weighted by Crippen LogP contribution is -2.27. The molecule has 11 heavy (non-hydrogen) atoms. The summed E-state index contributed by atoms with van der Waals surface area (Å²) in [6.07, 6.45) is 1.07. The van der Waals surface area contributed by atoms with Crippen molar-refractivity contribution in [3.05, 3.63) is 0 Å². The van der Waals surface area contributed by atoms with E-state index in [1.165, 1.54) is 0 Å². The third-order valence-electron chi connectivity index (χ3n) is 1.57. The first-order valence-electron chi connectivity index (χ1n) is 4.23. The highest BCUT2D eigenvalue weighted by Gasteiger charge is 1.99. The Hall–Kier alpha value is -0.120. The average Bonchev–Trinajstić information content (AvgIpc) is 1.97. The van der Waals surface area contributed by atoms with Crippen LogP contribution in [0.2, 0.25) is 0 Å². The highest BCUT2D eigenvalue weighted by Crippen LogP contribution is 1.93. The minimum Gasteiger partial charge on any atom is -0.393 e. The van der Waals surface area contributed by atoms with Crippen LogP contribution in [0.15, 0.2) is 0 Å². The second kappa shape index (κ2) is 6.58. The van der Waals surface area contributed by atoms with E-state index in [4.69, 9.17) is 10.2 Å². The molecule has 68 valence electrons. The Morgan fingerprint density at radius 1 is 1.36 bits per heavy atom. The van der Waals surface area contributed by atoms with Gasteiger partial charge < -0.3 is 15.5 Å². The van der Waals surface area contributed by atoms with Gasteiger partial charge in [0.15, 0.2) is 0 Å². The maximum Gasteiger partial charge on any atom is 0.0636 e. The van der Waals surface area contributed by atoms with E-state index in [1.807, 2.05) is 6.92 Å². The van der Waals surface area contributed by atoms with E-state index in [-0.39, 0.29) is 12.2 Å². The molecule has 0 fully saturated rings. The van der Waals surface area contributed by atoms with Crippen LogP contribution >= 0.6 is 0 Å². The summed E-state index contributed by atoms with van der Waals surface area (Å²) in [6.45, 7) is 5.08. The smallest absolute Gasteiger partial charge is 0.0636 e. The first kappa shape index (κ1) is 10.9. The highest BCUT2D eigenvalue weighted by molar-refractivity contribution is 4.57. The van der Waals surface area contributed by atoms with E-state index in [0.29, 0.717) is 6.54 Å². The Balaban J connectivity index is 3.01. The molecule has 0 aliphatic heterocycles. The van der Waals surface area contributed by atoms with E-state index in [9.17, 15) is 0 Å². The number of nitrogens with one attached hydrogen (secondary N) is 1. The number of aliphatic hydroxyl groups is 2. The van der Waals surface area contributed by atoms with Gasteiger partial charge in [-0.05, 0) is 26.3 Å². The SMILES string of the molecule is CCC(O)CCNCC(C)O. The summed E-state index contributed by atoms with van der Waals surface area (Å²) in [6, 6.07) is 0. The van der Waals surface area contributed by atoms with Crippen molar-refractivity contribution < 1.29 is 10.2 Å².